The van der Waals surface area contributed by atoms with E-state index in [2.05, 4.69) is 5.32 Å². The van der Waals surface area contributed by atoms with Gasteiger partial charge in [-0.1, -0.05) is 12.1 Å². The van der Waals surface area contributed by atoms with Crippen LogP contribution >= 0.6 is 11.8 Å². The predicted molar refractivity (Wildman–Crippen MR) is 74.5 cm³/mol. The maximum absolute atomic E-state index is 11.8. The fraction of sp³-hybridized carbons (Fsp3) is 0.417. The summed E-state index contributed by atoms with van der Waals surface area (Å²) in [6.45, 7) is 1.44. The number of aliphatic hydroxyl groups excluding tert-OH is 2. The molecule has 0 fully saturated rings. The summed E-state index contributed by atoms with van der Waals surface area (Å²) in [5.74, 6) is 0.137. The van der Waals surface area contributed by atoms with Crippen molar-refractivity contribution < 1.29 is 15.0 Å². The minimum atomic E-state index is -0.799. The Hall–Kier alpha value is -1.24. The molecule has 5 N–H and O–H groups in total. The summed E-state index contributed by atoms with van der Waals surface area (Å²) in [5.41, 5.74) is 6.81. The molecule has 1 aromatic rings. The van der Waals surface area contributed by atoms with Crippen LogP contribution in [0.25, 0.3) is 0 Å². The number of hydrogen-bond acceptors (Lipinski definition) is 5. The van der Waals surface area contributed by atoms with Crippen LogP contribution in [0.5, 0.6) is 0 Å². The third-order valence-corrected chi connectivity index (χ3v) is 3.63. The van der Waals surface area contributed by atoms with Crippen molar-refractivity contribution >= 4 is 29.0 Å². The van der Waals surface area contributed by atoms with Crippen molar-refractivity contribution in [2.24, 2.45) is 0 Å². The first-order valence-corrected chi connectivity index (χ1v) is 6.65. The van der Waals surface area contributed by atoms with Crippen molar-refractivity contribution in [2.75, 3.05) is 23.4 Å². The van der Waals surface area contributed by atoms with Gasteiger partial charge in [-0.05, 0) is 19.1 Å². The number of anilines is 2. The van der Waals surface area contributed by atoms with Crippen molar-refractivity contribution in [1.82, 2.24) is 0 Å². The largest absolute Gasteiger partial charge is 0.397 e. The molecule has 0 saturated carbocycles. The second-order valence-electron chi connectivity index (χ2n) is 3.89. The van der Waals surface area contributed by atoms with Gasteiger partial charge >= 0.3 is 0 Å². The van der Waals surface area contributed by atoms with Gasteiger partial charge in [-0.15, -0.1) is 11.8 Å². The number of rotatable bonds is 6. The van der Waals surface area contributed by atoms with Crippen LogP contribution in [0, 0.1) is 0 Å². The molecule has 1 aromatic carbocycles. The van der Waals surface area contributed by atoms with Gasteiger partial charge in [-0.25, -0.2) is 0 Å². The van der Waals surface area contributed by atoms with Crippen LogP contribution in [0.15, 0.2) is 24.3 Å². The standard InChI is InChI=1S/C12H18N2O3S/c1-8(18-7-9(16)6-15)12(17)14-11-5-3-2-4-10(11)13/h2-5,8-9,15-16H,6-7,13H2,1H3,(H,14,17). The predicted octanol–water partition coefficient (Wildman–Crippen LogP) is 0.682. The molecule has 0 bridgehead atoms. The molecule has 2 atom stereocenters. The molecule has 0 aliphatic rings. The first-order valence-electron chi connectivity index (χ1n) is 5.60. The smallest absolute Gasteiger partial charge is 0.237 e. The van der Waals surface area contributed by atoms with Crippen molar-refractivity contribution in [3.63, 3.8) is 0 Å². The highest BCUT2D eigenvalue weighted by Crippen LogP contribution is 2.19. The van der Waals surface area contributed by atoms with Crippen molar-refractivity contribution in [3.8, 4) is 0 Å². The molecule has 0 spiro atoms. The number of thioether (sulfide) groups is 1. The minimum absolute atomic E-state index is 0.178. The number of carbonyl (C=O) groups excluding carboxylic acids is 1. The molecule has 0 saturated heterocycles. The van der Waals surface area contributed by atoms with E-state index in [4.69, 9.17) is 10.8 Å². The van der Waals surface area contributed by atoms with Gasteiger partial charge in [0.05, 0.1) is 29.3 Å². The number of amides is 1. The first kappa shape index (κ1) is 14.8. The Bertz CT molecular complexity index is 401. The molecule has 0 radical (unpaired) electrons. The average Bonchev–Trinajstić information content (AvgIpc) is 2.38. The second kappa shape index (κ2) is 7.25. The number of nitrogens with one attached hydrogen (secondary N) is 1. The SMILES string of the molecule is CC(SCC(O)CO)C(=O)Nc1ccccc1N. The lowest BCUT2D eigenvalue weighted by molar-refractivity contribution is -0.115. The quantitative estimate of drug-likeness (QED) is 0.570. The van der Waals surface area contributed by atoms with Gasteiger partial charge in [0, 0.05) is 5.75 Å². The maximum Gasteiger partial charge on any atom is 0.237 e. The molecule has 0 aliphatic heterocycles. The summed E-state index contributed by atoms with van der Waals surface area (Å²) >= 11 is 1.28. The Labute approximate surface area is 110 Å². The molecule has 0 aliphatic carbocycles. The second-order valence-corrected chi connectivity index (χ2v) is 5.26. The number of hydrogen-bond donors (Lipinski definition) is 4. The van der Waals surface area contributed by atoms with E-state index in [1.165, 1.54) is 11.8 Å². The number of carbonyl (C=O) groups is 1. The van der Waals surface area contributed by atoms with Gasteiger partial charge in [-0.2, -0.15) is 0 Å². The topological polar surface area (TPSA) is 95.6 Å². The van der Waals surface area contributed by atoms with Crippen LogP contribution in [0.4, 0.5) is 11.4 Å². The van der Waals surface area contributed by atoms with E-state index in [0.717, 1.165) is 0 Å². The Balaban J connectivity index is 2.48. The van der Waals surface area contributed by atoms with Crippen molar-refractivity contribution in [1.29, 1.82) is 0 Å². The van der Waals surface area contributed by atoms with Gasteiger partial charge < -0.3 is 21.3 Å². The number of benzene rings is 1. The lowest BCUT2D eigenvalue weighted by atomic mass is 10.2. The zero-order valence-electron chi connectivity index (χ0n) is 10.2. The summed E-state index contributed by atoms with van der Waals surface area (Å²) in [7, 11) is 0. The lowest BCUT2D eigenvalue weighted by Crippen LogP contribution is -2.25. The Morgan fingerprint density at radius 1 is 1.50 bits per heavy atom. The maximum atomic E-state index is 11.8. The summed E-state index contributed by atoms with van der Waals surface area (Å²) in [6, 6.07) is 7.02. The lowest BCUT2D eigenvalue weighted by Gasteiger charge is -2.14. The molecule has 2 unspecified atom stereocenters. The molecule has 0 aromatic heterocycles. The zero-order chi connectivity index (χ0) is 13.5. The van der Waals surface area contributed by atoms with Gasteiger partial charge in [0.1, 0.15) is 0 Å². The summed E-state index contributed by atoms with van der Waals surface area (Å²) < 4.78 is 0. The van der Waals surface area contributed by atoms with Gasteiger partial charge in [0.15, 0.2) is 0 Å². The van der Waals surface area contributed by atoms with Gasteiger partial charge in [-0.3, -0.25) is 4.79 Å². The fourth-order valence-electron chi connectivity index (χ4n) is 1.23. The third kappa shape index (κ3) is 4.56. The number of nitrogen functional groups attached to an aromatic ring is 1. The Kier molecular flexibility index (Phi) is 5.97. The highest BCUT2D eigenvalue weighted by Gasteiger charge is 2.16. The van der Waals surface area contributed by atoms with E-state index in [0.29, 0.717) is 17.1 Å². The first-order chi connectivity index (χ1) is 8.54. The molecule has 1 amide bonds. The van der Waals surface area contributed by atoms with Gasteiger partial charge in [0.2, 0.25) is 5.91 Å². The molecule has 18 heavy (non-hydrogen) atoms. The van der Waals surface area contributed by atoms with E-state index in [-0.39, 0.29) is 17.8 Å². The van der Waals surface area contributed by atoms with E-state index < -0.39 is 6.10 Å². The highest BCUT2D eigenvalue weighted by molar-refractivity contribution is 8.00. The van der Waals surface area contributed by atoms with E-state index >= 15 is 0 Å². The van der Waals surface area contributed by atoms with E-state index in [9.17, 15) is 9.90 Å². The van der Waals surface area contributed by atoms with Crippen molar-refractivity contribution in [3.05, 3.63) is 24.3 Å². The molecule has 100 valence electrons. The molecular formula is C12H18N2O3S. The normalized spacial score (nSPS) is 13.9. The fourth-order valence-corrected chi connectivity index (χ4v) is 2.06. The van der Waals surface area contributed by atoms with Crippen LogP contribution < -0.4 is 11.1 Å². The number of nitrogens with two attached hydrogens (primary N) is 1. The Morgan fingerprint density at radius 3 is 2.78 bits per heavy atom. The van der Waals surface area contributed by atoms with E-state index in [1.807, 2.05) is 0 Å². The van der Waals surface area contributed by atoms with Crippen LogP contribution in [0.1, 0.15) is 6.92 Å². The number of aliphatic hydroxyl groups is 2. The minimum Gasteiger partial charge on any atom is -0.397 e. The molecular weight excluding hydrogens is 252 g/mol. The average molecular weight is 270 g/mol. The molecule has 5 nitrogen and oxygen atoms in total. The molecule has 1 rings (SSSR count). The zero-order valence-corrected chi connectivity index (χ0v) is 11.0. The summed E-state index contributed by atoms with van der Waals surface area (Å²) in [5, 5.41) is 20.3. The monoisotopic (exact) mass is 270 g/mol. The Morgan fingerprint density at radius 2 is 2.17 bits per heavy atom. The van der Waals surface area contributed by atoms with Crippen LogP contribution in [-0.4, -0.2) is 39.8 Å². The third-order valence-electron chi connectivity index (χ3n) is 2.34. The summed E-state index contributed by atoms with van der Waals surface area (Å²) in [6.07, 6.45) is -0.799. The molecule has 0 heterocycles. The van der Waals surface area contributed by atoms with Crippen molar-refractivity contribution in [2.45, 2.75) is 18.3 Å². The van der Waals surface area contributed by atoms with Crippen LogP contribution in [-0.2, 0) is 4.79 Å². The van der Waals surface area contributed by atoms with Gasteiger partial charge in [0.25, 0.3) is 0 Å². The number of para-hydroxylation sites is 2. The highest BCUT2D eigenvalue weighted by atomic mass is 32.2. The molecule has 6 heteroatoms. The van der Waals surface area contributed by atoms with Crippen LogP contribution in [0.3, 0.4) is 0 Å². The summed E-state index contributed by atoms with van der Waals surface area (Å²) in [4.78, 5) is 11.8. The van der Waals surface area contributed by atoms with Crippen LogP contribution in [0.2, 0.25) is 0 Å². The van der Waals surface area contributed by atoms with E-state index in [1.54, 1.807) is 31.2 Å².